The molecule has 0 saturated carbocycles. The molecule has 0 aliphatic rings. The fourth-order valence-electron chi connectivity index (χ4n) is 2.86. The zero-order valence-corrected chi connectivity index (χ0v) is 18.2. The van der Waals surface area contributed by atoms with E-state index in [1.54, 1.807) is 11.3 Å². The van der Waals surface area contributed by atoms with Crippen LogP contribution in [-0.4, -0.2) is 5.75 Å². The smallest absolute Gasteiger partial charge is 0.0834 e. The Morgan fingerprint density at radius 1 is 0.783 bits per heavy atom. The highest BCUT2D eigenvalue weighted by molar-refractivity contribution is 9.11. The van der Waals surface area contributed by atoms with Crippen molar-refractivity contribution in [2.45, 2.75) is 102 Å². The molecule has 0 bridgehead atoms. The average Bonchev–Trinajstić information content (AvgIpc) is 2.96. The summed E-state index contributed by atoms with van der Waals surface area (Å²) < 4.78 is 1.30. The van der Waals surface area contributed by atoms with Gasteiger partial charge in [0.2, 0.25) is 0 Å². The van der Waals surface area contributed by atoms with Crippen molar-refractivity contribution in [3.05, 3.63) is 15.2 Å². The molecule has 0 atom stereocenters. The van der Waals surface area contributed by atoms with Gasteiger partial charge in [0.1, 0.15) is 0 Å². The molecule has 134 valence electrons. The van der Waals surface area contributed by atoms with Crippen LogP contribution in [0.3, 0.4) is 0 Å². The second-order valence-corrected chi connectivity index (χ2v) is 9.87. The molecule has 0 spiro atoms. The van der Waals surface area contributed by atoms with Gasteiger partial charge in [0.25, 0.3) is 0 Å². The lowest BCUT2D eigenvalue weighted by Gasteiger charge is -2.03. The number of rotatable bonds is 16. The molecule has 0 radical (unpaired) electrons. The third-order valence-corrected chi connectivity index (χ3v) is 7.56. The Labute approximate surface area is 161 Å². The Hall–Kier alpha value is 0.530. The number of halogens is 1. The molecule has 1 heterocycles. The first kappa shape index (κ1) is 21.6. The van der Waals surface area contributed by atoms with Crippen LogP contribution in [0, 0.1) is 0 Å². The summed E-state index contributed by atoms with van der Waals surface area (Å²) in [6.45, 7) is 2.29. The van der Waals surface area contributed by atoms with Gasteiger partial charge in [-0.05, 0) is 39.6 Å². The van der Waals surface area contributed by atoms with Crippen LogP contribution in [-0.2, 0) is 0 Å². The molecule has 0 nitrogen and oxygen atoms in total. The van der Waals surface area contributed by atoms with Crippen molar-refractivity contribution in [1.29, 1.82) is 0 Å². The summed E-state index contributed by atoms with van der Waals surface area (Å²) in [5, 5.41) is 2.16. The molecule has 0 amide bonds. The lowest BCUT2D eigenvalue weighted by Crippen LogP contribution is -1.84. The van der Waals surface area contributed by atoms with Gasteiger partial charge in [-0.15, -0.1) is 23.1 Å². The number of hydrogen-bond donors (Lipinski definition) is 0. The molecule has 1 rings (SSSR count). The maximum Gasteiger partial charge on any atom is 0.0834 e. The summed E-state index contributed by atoms with van der Waals surface area (Å²) in [7, 11) is 0. The molecular weight excluding hydrogens is 384 g/mol. The molecule has 0 N–H and O–H groups in total. The van der Waals surface area contributed by atoms with Crippen molar-refractivity contribution >= 4 is 39.0 Å². The number of thioether (sulfide) groups is 1. The van der Waals surface area contributed by atoms with Crippen LogP contribution in [0.5, 0.6) is 0 Å². The van der Waals surface area contributed by atoms with E-state index in [4.69, 9.17) is 0 Å². The highest BCUT2D eigenvalue weighted by atomic mass is 79.9. The molecule has 0 aliphatic carbocycles. The Bertz CT molecular complexity index is 362. The fraction of sp³-hybridized carbons (Fsp3) is 0.800. The van der Waals surface area contributed by atoms with Gasteiger partial charge in [-0.2, -0.15) is 0 Å². The van der Waals surface area contributed by atoms with Crippen LogP contribution in [0.4, 0.5) is 0 Å². The minimum Gasteiger partial charge on any atom is -0.136 e. The molecule has 0 aliphatic heterocycles. The van der Waals surface area contributed by atoms with Gasteiger partial charge >= 0.3 is 0 Å². The van der Waals surface area contributed by atoms with E-state index < -0.39 is 0 Å². The van der Waals surface area contributed by atoms with Crippen LogP contribution >= 0.6 is 39.0 Å². The first-order chi connectivity index (χ1) is 11.3. The number of thiophene rings is 1. The Morgan fingerprint density at radius 3 is 1.70 bits per heavy atom. The Morgan fingerprint density at radius 2 is 1.26 bits per heavy atom. The van der Waals surface area contributed by atoms with E-state index in [0.717, 1.165) is 0 Å². The minimum atomic E-state index is 1.27. The molecule has 0 aromatic carbocycles. The summed E-state index contributed by atoms with van der Waals surface area (Å²) in [6.07, 6.45) is 20.2. The van der Waals surface area contributed by atoms with E-state index in [0.29, 0.717) is 0 Å². The summed E-state index contributed by atoms with van der Waals surface area (Å²) in [4.78, 5) is 1.42. The van der Waals surface area contributed by atoms with Gasteiger partial charge < -0.3 is 0 Å². The molecule has 1 aromatic heterocycles. The molecule has 0 fully saturated rings. The van der Waals surface area contributed by atoms with Gasteiger partial charge in [-0.1, -0.05) is 90.4 Å². The van der Waals surface area contributed by atoms with E-state index in [1.165, 1.54) is 104 Å². The van der Waals surface area contributed by atoms with Crippen molar-refractivity contribution in [3.63, 3.8) is 0 Å². The fourth-order valence-corrected chi connectivity index (χ4v) is 5.42. The van der Waals surface area contributed by atoms with Gasteiger partial charge in [0.05, 0.1) is 3.79 Å². The highest BCUT2D eigenvalue weighted by Crippen LogP contribution is 2.32. The molecule has 1 aromatic rings. The second-order valence-electron chi connectivity index (χ2n) is 6.50. The maximum atomic E-state index is 3.61. The lowest BCUT2D eigenvalue weighted by molar-refractivity contribution is 0.538. The molecule has 3 heteroatoms. The molecule has 23 heavy (non-hydrogen) atoms. The van der Waals surface area contributed by atoms with Crippen LogP contribution in [0.25, 0.3) is 0 Å². The van der Waals surface area contributed by atoms with E-state index in [9.17, 15) is 0 Å². The summed E-state index contributed by atoms with van der Waals surface area (Å²) in [6, 6.07) is 2.23. The van der Waals surface area contributed by atoms with Crippen LogP contribution in [0.1, 0.15) is 96.8 Å². The van der Waals surface area contributed by atoms with E-state index in [2.05, 4.69) is 34.3 Å². The molecule has 0 unspecified atom stereocenters. The first-order valence-corrected chi connectivity index (χ1v) is 12.4. The Balaban J connectivity index is 1.72. The zero-order valence-electron chi connectivity index (χ0n) is 15.0. The third-order valence-electron chi connectivity index (χ3n) is 4.34. The van der Waals surface area contributed by atoms with Gasteiger partial charge in [-0.25, -0.2) is 0 Å². The van der Waals surface area contributed by atoms with Crippen molar-refractivity contribution in [2.75, 3.05) is 5.75 Å². The summed E-state index contributed by atoms with van der Waals surface area (Å²) in [5.74, 6) is 1.27. The zero-order chi connectivity index (χ0) is 16.6. The number of unbranched alkanes of at least 4 members (excludes halogenated alkanes) is 13. The maximum absolute atomic E-state index is 3.61. The molecule has 0 saturated heterocycles. The van der Waals surface area contributed by atoms with Crippen molar-refractivity contribution in [3.8, 4) is 0 Å². The van der Waals surface area contributed by atoms with Crippen molar-refractivity contribution < 1.29 is 0 Å². The largest absolute Gasteiger partial charge is 0.136 e. The second kappa shape index (κ2) is 16.0. The summed E-state index contributed by atoms with van der Waals surface area (Å²) >= 11 is 7.40. The topological polar surface area (TPSA) is 0 Å². The third kappa shape index (κ3) is 12.5. The summed E-state index contributed by atoms with van der Waals surface area (Å²) in [5.41, 5.74) is 0. The highest BCUT2D eigenvalue weighted by Gasteiger charge is 2.01. The minimum absolute atomic E-state index is 1.27. The van der Waals surface area contributed by atoms with Crippen LogP contribution in [0.15, 0.2) is 20.1 Å². The quantitative estimate of drug-likeness (QED) is 0.190. The SMILES string of the molecule is CCCCCCCCCCCCCCCCSc1ccsc1Br. The van der Waals surface area contributed by atoms with Crippen molar-refractivity contribution in [2.24, 2.45) is 0 Å². The van der Waals surface area contributed by atoms with E-state index in [1.807, 2.05) is 11.8 Å². The van der Waals surface area contributed by atoms with Gasteiger partial charge in [0.15, 0.2) is 0 Å². The average molecular weight is 420 g/mol. The standard InChI is InChI=1S/C20H35BrS2/c1-2-3-4-5-6-7-8-9-10-11-12-13-14-15-17-22-19-16-18-23-20(19)21/h16,18H,2-15,17H2,1H3. The van der Waals surface area contributed by atoms with E-state index in [-0.39, 0.29) is 0 Å². The predicted molar refractivity (Wildman–Crippen MR) is 113 cm³/mol. The van der Waals surface area contributed by atoms with Crippen molar-refractivity contribution in [1.82, 2.24) is 0 Å². The normalized spacial score (nSPS) is 11.2. The predicted octanol–water partition coefficient (Wildman–Crippen LogP) is 9.08. The van der Waals surface area contributed by atoms with Gasteiger partial charge in [0, 0.05) is 4.90 Å². The van der Waals surface area contributed by atoms with Crippen LogP contribution in [0.2, 0.25) is 0 Å². The van der Waals surface area contributed by atoms with Gasteiger partial charge in [-0.3, -0.25) is 0 Å². The monoisotopic (exact) mass is 418 g/mol. The van der Waals surface area contributed by atoms with Crippen LogP contribution < -0.4 is 0 Å². The lowest BCUT2D eigenvalue weighted by atomic mass is 10.0. The van der Waals surface area contributed by atoms with E-state index >= 15 is 0 Å². The first-order valence-electron chi connectivity index (χ1n) is 9.70. The Kier molecular flexibility index (Phi) is 15.0. The molecular formula is C20H35BrS2. The number of hydrogen-bond acceptors (Lipinski definition) is 2.